The number of hydrogen-bond acceptors (Lipinski definition) is 6. The van der Waals surface area contributed by atoms with Gasteiger partial charge < -0.3 is 4.74 Å². The van der Waals surface area contributed by atoms with E-state index in [2.05, 4.69) is 22.4 Å². The summed E-state index contributed by atoms with van der Waals surface area (Å²) in [6.45, 7) is 2.85. The fraction of sp³-hybridized carbons (Fsp3) is 0.286. The molecule has 0 aliphatic rings. The molecule has 0 spiro atoms. The number of thioether (sulfide) groups is 1. The molecule has 0 aliphatic heterocycles. The summed E-state index contributed by atoms with van der Waals surface area (Å²) in [4.78, 5) is 12.4. The van der Waals surface area contributed by atoms with Crippen molar-refractivity contribution in [3.05, 3.63) is 64.7 Å². The number of aromatic nitrogens is 2. The van der Waals surface area contributed by atoms with Crippen LogP contribution in [0.5, 0.6) is 5.75 Å². The molecule has 1 N–H and O–H groups in total. The van der Waals surface area contributed by atoms with E-state index in [1.54, 1.807) is 23.9 Å². The van der Waals surface area contributed by atoms with Gasteiger partial charge in [-0.2, -0.15) is 0 Å². The fourth-order valence-electron chi connectivity index (χ4n) is 2.46. The molecule has 0 radical (unpaired) electrons. The third kappa shape index (κ3) is 7.03. The first-order valence-corrected chi connectivity index (χ1v) is 11.6. The van der Waals surface area contributed by atoms with Crippen LogP contribution in [-0.2, 0) is 5.75 Å². The van der Waals surface area contributed by atoms with Gasteiger partial charge in [0.05, 0.1) is 6.61 Å². The monoisotopic (exact) mass is 447 g/mol. The number of rotatable bonds is 10. The molecule has 3 rings (SSSR count). The van der Waals surface area contributed by atoms with E-state index in [1.165, 1.54) is 11.3 Å². The maximum Gasteiger partial charge on any atom is 0.257 e. The molecular formula is C21H22ClN3O2S2. The summed E-state index contributed by atoms with van der Waals surface area (Å²) in [5.74, 6) is 1.32. The quantitative estimate of drug-likeness (QED) is 0.224. The fourth-order valence-corrected chi connectivity index (χ4v) is 4.29. The Hall–Kier alpha value is -2.09. The van der Waals surface area contributed by atoms with Crippen LogP contribution in [0.2, 0.25) is 5.02 Å². The first kappa shape index (κ1) is 21.6. The summed E-state index contributed by atoms with van der Waals surface area (Å²) in [6, 6.07) is 14.8. The van der Waals surface area contributed by atoms with E-state index in [4.69, 9.17) is 16.3 Å². The van der Waals surface area contributed by atoms with Crippen molar-refractivity contribution in [2.45, 2.75) is 36.3 Å². The minimum atomic E-state index is -0.215. The van der Waals surface area contributed by atoms with Crippen LogP contribution in [-0.4, -0.2) is 22.7 Å². The molecular weight excluding hydrogens is 426 g/mol. The number of unbranched alkanes of at least 4 members (excludes halogenated alkanes) is 2. The number of carbonyl (C=O) groups excluding carboxylic acids is 1. The van der Waals surface area contributed by atoms with Crippen LogP contribution in [0.4, 0.5) is 5.13 Å². The van der Waals surface area contributed by atoms with E-state index >= 15 is 0 Å². The number of nitrogens with one attached hydrogen (secondary N) is 1. The number of nitrogens with zero attached hydrogens (tertiary/aromatic N) is 2. The number of benzene rings is 2. The van der Waals surface area contributed by atoms with E-state index in [-0.39, 0.29) is 5.91 Å². The lowest BCUT2D eigenvalue weighted by Crippen LogP contribution is -2.11. The molecule has 29 heavy (non-hydrogen) atoms. The molecule has 1 amide bonds. The van der Waals surface area contributed by atoms with Crippen molar-refractivity contribution in [2.24, 2.45) is 0 Å². The zero-order valence-electron chi connectivity index (χ0n) is 16.1. The zero-order valence-corrected chi connectivity index (χ0v) is 18.4. The summed E-state index contributed by atoms with van der Waals surface area (Å²) in [7, 11) is 0. The second-order valence-electron chi connectivity index (χ2n) is 6.32. The van der Waals surface area contributed by atoms with Crippen molar-refractivity contribution in [2.75, 3.05) is 11.9 Å². The number of amides is 1. The molecule has 0 unspecified atom stereocenters. The van der Waals surface area contributed by atoms with Gasteiger partial charge >= 0.3 is 0 Å². The summed E-state index contributed by atoms with van der Waals surface area (Å²) in [5.41, 5.74) is 1.70. The first-order valence-electron chi connectivity index (χ1n) is 9.39. The van der Waals surface area contributed by atoms with Crippen LogP contribution >= 0.6 is 34.7 Å². The number of halogens is 1. The predicted molar refractivity (Wildman–Crippen MR) is 120 cm³/mol. The van der Waals surface area contributed by atoms with Crippen LogP contribution in [0.15, 0.2) is 52.9 Å². The highest BCUT2D eigenvalue weighted by Crippen LogP contribution is 2.29. The van der Waals surface area contributed by atoms with Gasteiger partial charge in [-0.3, -0.25) is 10.1 Å². The molecule has 1 aromatic heterocycles. The van der Waals surface area contributed by atoms with Gasteiger partial charge in [-0.15, -0.1) is 10.2 Å². The molecule has 0 fully saturated rings. The summed E-state index contributed by atoms with van der Waals surface area (Å²) < 4.78 is 6.47. The number of hydrogen-bond donors (Lipinski definition) is 1. The number of ether oxygens (including phenoxy) is 1. The highest BCUT2D eigenvalue weighted by atomic mass is 35.5. The Morgan fingerprint density at radius 2 is 1.86 bits per heavy atom. The molecule has 0 bridgehead atoms. The van der Waals surface area contributed by atoms with Gasteiger partial charge in [0.25, 0.3) is 5.91 Å². The van der Waals surface area contributed by atoms with Gasteiger partial charge in [-0.25, -0.2) is 0 Å². The Bertz CT molecular complexity index is 914. The van der Waals surface area contributed by atoms with Crippen molar-refractivity contribution in [3.8, 4) is 5.75 Å². The number of anilines is 1. The first-order chi connectivity index (χ1) is 14.1. The maximum absolute atomic E-state index is 12.4. The van der Waals surface area contributed by atoms with E-state index < -0.39 is 0 Å². The molecule has 2 aromatic carbocycles. The Morgan fingerprint density at radius 1 is 1.10 bits per heavy atom. The van der Waals surface area contributed by atoms with Crippen molar-refractivity contribution >= 4 is 45.7 Å². The smallest absolute Gasteiger partial charge is 0.257 e. The molecule has 0 atom stereocenters. The van der Waals surface area contributed by atoms with Crippen LogP contribution in [0.1, 0.15) is 42.1 Å². The van der Waals surface area contributed by atoms with Crippen LogP contribution in [0.3, 0.4) is 0 Å². The molecule has 5 nitrogen and oxygen atoms in total. The average Bonchev–Trinajstić information content (AvgIpc) is 3.18. The lowest BCUT2D eigenvalue weighted by atomic mass is 10.2. The van der Waals surface area contributed by atoms with Crippen LogP contribution in [0, 0.1) is 0 Å². The molecule has 0 saturated heterocycles. The molecule has 8 heteroatoms. The largest absolute Gasteiger partial charge is 0.494 e. The third-order valence-electron chi connectivity index (χ3n) is 4.04. The molecule has 3 aromatic rings. The Kier molecular flexibility index (Phi) is 8.34. The van der Waals surface area contributed by atoms with Gasteiger partial charge in [0.1, 0.15) is 5.75 Å². The standard InChI is InChI=1S/C21H22ClN3O2S2/c1-2-3-4-13-27-18-11-7-16(8-12-18)19(26)23-20-24-25-21(29-20)28-14-15-5-9-17(22)10-6-15/h5-12H,2-4,13-14H2,1H3,(H,23,24,26). The minimum absolute atomic E-state index is 0.215. The molecule has 1 heterocycles. The van der Waals surface area contributed by atoms with Crippen LogP contribution < -0.4 is 10.1 Å². The van der Waals surface area contributed by atoms with Crippen molar-refractivity contribution < 1.29 is 9.53 Å². The topological polar surface area (TPSA) is 64.1 Å². The Labute approximate surface area is 183 Å². The predicted octanol–water partition coefficient (Wildman–Crippen LogP) is 6.31. The van der Waals surface area contributed by atoms with E-state index in [1.807, 2.05) is 36.4 Å². The summed E-state index contributed by atoms with van der Waals surface area (Å²) >= 11 is 8.82. The second-order valence-corrected chi connectivity index (χ2v) is 8.96. The molecule has 152 valence electrons. The number of carbonyl (C=O) groups is 1. The molecule has 0 saturated carbocycles. The van der Waals surface area contributed by atoms with Crippen molar-refractivity contribution in [3.63, 3.8) is 0 Å². The SMILES string of the molecule is CCCCCOc1ccc(C(=O)Nc2nnc(SCc3ccc(Cl)cc3)s2)cc1. The Morgan fingerprint density at radius 3 is 2.59 bits per heavy atom. The lowest BCUT2D eigenvalue weighted by molar-refractivity contribution is 0.102. The highest BCUT2D eigenvalue weighted by Gasteiger charge is 2.11. The maximum atomic E-state index is 12.4. The van der Waals surface area contributed by atoms with Gasteiger partial charge in [0, 0.05) is 16.3 Å². The minimum Gasteiger partial charge on any atom is -0.494 e. The van der Waals surface area contributed by atoms with Gasteiger partial charge in [0.2, 0.25) is 5.13 Å². The zero-order chi connectivity index (χ0) is 20.5. The van der Waals surface area contributed by atoms with Gasteiger partial charge in [-0.05, 0) is 48.4 Å². The Balaban J connectivity index is 1.48. The average molecular weight is 448 g/mol. The van der Waals surface area contributed by atoms with E-state index in [0.29, 0.717) is 17.3 Å². The van der Waals surface area contributed by atoms with Gasteiger partial charge in [0.15, 0.2) is 4.34 Å². The molecule has 0 aliphatic carbocycles. The van der Waals surface area contributed by atoms with Crippen LogP contribution in [0.25, 0.3) is 0 Å². The van der Waals surface area contributed by atoms with E-state index in [0.717, 1.165) is 45.7 Å². The van der Waals surface area contributed by atoms with Crippen molar-refractivity contribution in [1.82, 2.24) is 10.2 Å². The lowest BCUT2D eigenvalue weighted by Gasteiger charge is -2.06. The van der Waals surface area contributed by atoms with Gasteiger partial charge in [-0.1, -0.05) is 66.6 Å². The summed E-state index contributed by atoms with van der Waals surface area (Å²) in [5, 5.41) is 12.2. The van der Waals surface area contributed by atoms with Crippen molar-refractivity contribution in [1.29, 1.82) is 0 Å². The summed E-state index contributed by atoms with van der Waals surface area (Å²) in [6.07, 6.45) is 3.35. The second kappa shape index (κ2) is 11.2. The normalized spacial score (nSPS) is 10.7. The third-order valence-corrected chi connectivity index (χ3v) is 6.33. The highest BCUT2D eigenvalue weighted by molar-refractivity contribution is 8.00. The van der Waals surface area contributed by atoms with E-state index in [9.17, 15) is 4.79 Å².